The first-order chi connectivity index (χ1) is 13.7. The van der Waals surface area contributed by atoms with E-state index < -0.39 is 0 Å². The van der Waals surface area contributed by atoms with Crippen LogP contribution in [0.5, 0.6) is 0 Å². The molecule has 2 aromatic heterocycles. The number of nitrogens with zero attached hydrogens (tertiary/aromatic N) is 6. The third-order valence-electron chi connectivity index (χ3n) is 4.23. The number of hydrogen-bond acceptors (Lipinski definition) is 6. The van der Waals surface area contributed by atoms with Crippen molar-refractivity contribution in [2.45, 2.75) is 13.5 Å². The van der Waals surface area contributed by atoms with Crippen molar-refractivity contribution in [2.75, 3.05) is 5.32 Å². The molecule has 1 aliphatic heterocycles. The lowest BCUT2D eigenvalue weighted by molar-refractivity contribution is 0.433. The lowest BCUT2D eigenvalue weighted by atomic mass is 10.1. The maximum atomic E-state index is 4.68. The summed E-state index contributed by atoms with van der Waals surface area (Å²) < 4.78 is 0. The Morgan fingerprint density at radius 2 is 2.04 bits per heavy atom. The number of nitrogens with one attached hydrogen (secondary N) is 1. The number of amidine groups is 1. The molecule has 28 heavy (non-hydrogen) atoms. The Morgan fingerprint density at radius 1 is 1.18 bits per heavy atom. The lowest BCUT2D eigenvalue weighted by Crippen LogP contribution is -2.22. The standard InChI is InChI=1S/C21H19N7/c1-3-20(24-18-8-11-22-12-9-18)25-21-15(2)26-27-28(21)14-16-6-7-19-17(13-16)5-4-10-23-19/h3-13H,2,14H2,1H3,(H,22,24)/b20-3-,25-21?. The lowest BCUT2D eigenvalue weighted by Gasteiger charge is -2.15. The molecule has 0 bridgehead atoms. The first-order valence-corrected chi connectivity index (χ1v) is 8.87. The van der Waals surface area contributed by atoms with E-state index in [0.29, 0.717) is 23.9 Å². The Labute approximate surface area is 162 Å². The first kappa shape index (κ1) is 17.5. The molecule has 1 N–H and O–H groups in total. The van der Waals surface area contributed by atoms with Gasteiger partial charge < -0.3 is 5.32 Å². The van der Waals surface area contributed by atoms with Crippen LogP contribution in [0, 0.1) is 0 Å². The predicted octanol–water partition coefficient (Wildman–Crippen LogP) is 4.70. The minimum Gasteiger partial charge on any atom is -0.340 e. The van der Waals surface area contributed by atoms with Crippen LogP contribution in [0.25, 0.3) is 10.9 Å². The number of aromatic nitrogens is 2. The van der Waals surface area contributed by atoms with E-state index in [2.05, 4.69) is 43.3 Å². The molecule has 0 atom stereocenters. The van der Waals surface area contributed by atoms with Gasteiger partial charge in [-0.1, -0.05) is 23.9 Å². The zero-order valence-corrected chi connectivity index (χ0v) is 15.4. The van der Waals surface area contributed by atoms with Gasteiger partial charge in [-0.05, 0) is 48.9 Å². The van der Waals surface area contributed by atoms with Crippen molar-refractivity contribution in [1.82, 2.24) is 15.0 Å². The van der Waals surface area contributed by atoms with E-state index in [1.165, 1.54) is 0 Å². The highest BCUT2D eigenvalue weighted by Crippen LogP contribution is 2.22. The van der Waals surface area contributed by atoms with Gasteiger partial charge in [0.05, 0.1) is 12.1 Å². The molecular formula is C21H19N7. The molecule has 7 nitrogen and oxygen atoms in total. The summed E-state index contributed by atoms with van der Waals surface area (Å²) in [6.45, 7) is 6.42. The van der Waals surface area contributed by atoms with Crippen molar-refractivity contribution in [2.24, 2.45) is 15.3 Å². The van der Waals surface area contributed by atoms with Gasteiger partial charge in [-0.2, -0.15) is 0 Å². The Morgan fingerprint density at radius 3 is 2.86 bits per heavy atom. The summed E-state index contributed by atoms with van der Waals surface area (Å²) in [6.07, 6.45) is 7.13. The van der Waals surface area contributed by atoms with Crippen LogP contribution >= 0.6 is 0 Å². The molecule has 0 spiro atoms. The molecule has 0 unspecified atom stereocenters. The molecule has 0 fully saturated rings. The number of pyridine rings is 2. The molecule has 3 aromatic rings. The fraction of sp³-hybridized carbons (Fsp3) is 0.0952. The number of rotatable bonds is 5. The van der Waals surface area contributed by atoms with Crippen molar-refractivity contribution in [3.05, 3.63) is 90.8 Å². The number of anilines is 1. The minimum absolute atomic E-state index is 0.526. The molecule has 138 valence electrons. The normalized spacial score (nSPS) is 15.6. The zero-order chi connectivity index (χ0) is 19.3. The SMILES string of the molecule is C=C1N=NN(Cc2ccc3ncccc3c2)C1=N/C(=C\C)Nc1ccncc1. The molecule has 0 saturated heterocycles. The number of benzene rings is 1. The van der Waals surface area contributed by atoms with Crippen LogP contribution in [-0.2, 0) is 6.54 Å². The zero-order valence-electron chi connectivity index (χ0n) is 15.4. The van der Waals surface area contributed by atoms with Crippen LogP contribution < -0.4 is 5.32 Å². The maximum Gasteiger partial charge on any atom is 0.180 e. The van der Waals surface area contributed by atoms with Gasteiger partial charge in [0.1, 0.15) is 11.5 Å². The molecule has 3 heterocycles. The number of fused-ring (bicyclic) bond motifs is 1. The molecule has 0 aliphatic carbocycles. The molecule has 4 rings (SSSR count). The quantitative estimate of drug-likeness (QED) is 0.707. The number of aliphatic imine (C=N–C) groups is 1. The van der Waals surface area contributed by atoms with E-state index >= 15 is 0 Å². The third kappa shape index (κ3) is 3.78. The summed E-state index contributed by atoms with van der Waals surface area (Å²) in [7, 11) is 0. The number of allylic oxidation sites excluding steroid dienone is 1. The van der Waals surface area contributed by atoms with E-state index in [-0.39, 0.29) is 0 Å². The van der Waals surface area contributed by atoms with Crippen LogP contribution in [-0.4, -0.2) is 20.8 Å². The highest BCUT2D eigenvalue weighted by molar-refractivity contribution is 5.99. The van der Waals surface area contributed by atoms with E-state index in [9.17, 15) is 0 Å². The second-order valence-corrected chi connectivity index (χ2v) is 6.19. The summed E-state index contributed by atoms with van der Waals surface area (Å²) >= 11 is 0. The highest BCUT2D eigenvalue weighted by Gasteiger charge is 2.21. The minimum atomic E-state index is 0.526. The monoisotopic (exact) mass is 369 g/mol. The van der Waals surface area contributed by atoms with Gasteiger partial charge in [0.2, 0.25) is 0 Å². The Kier molecular flexibility index (Phi) is 4.88. The Hall–Kier alpha value is -3.87. The van der Waals surface area contributed by atoms with Crippen LogP contribution in [0.3, 0.4) is 0 Å². The Balaban J connectivity index is 1.56. The molecule has 0 saturated carbocycles. The van der Waals surface area contributed by atoms with Gasteiger partial charge >= 0.3 is 0 Å². The largest absolute Gasteiger partial charge is 0.340 e. The smallest absolute Gasteiger partial charge is 0.180 e. The highest BCUT2D eigenvalue weighted by atomic mass is 15.6. The summed E-state index contributed by atoms with van der Waals surface area (Å²) in [6, 6.07) is 13.9. The molecular weight excluding hydrogens is 350 g/mol. The van der Waals surface area contributed by atoms with Crippen molar-refractivity contribution in [3.8, 4) is 0 Å². The summed E-state index contributed by atoms with van der Waals surface area (Å²) in [4.78, 5) is 13.1. The van der Waals surface area contributed by atoms with Crippen LogP contribution in [0.2, 0.25) is 0 Å². The number of hydrogen-bond donors (Lipinski definition) is 1. The van der Waals surface area contributed by atoms with E-state index in [1.807, 2.05) is 49.4 Å². The predicted molar refractivity (Wildman–Crippen MR) is 110 cm³/mol. The molecule has 1 aromatic carbocycles. The average Bonchev–Trinajstić information content (AvgIpc) is 3.07. The van der Waals surface area contributed by atoms with Gasteiger partial charge in [-0.25, -0.2) is 10.0 Å². The van der Waals surface area contributed by atoms with Crippen molar-refractivity contribution in [1.29, 1.82) is 0 Å². The van der Waals surface area contributed by atoms with Crippen molar-refractivity contribution in [3.63, 3.8) is 0 Å². The van der Waals surface area contributed by atoms with Gasteiger partial charge in [-0.15, -0.1) is 5.11 Å². The summed E-state index contributed by atoms with van der Waals surface area (Å²) in [5.41, 5.74) is 3.48. The van der Waals surface area contributed by atoms with Crippen LogP contribution in [0.4, 0.5) is 5.69 Å². The van der Waals surface area contributed by atoms with E-state index in [4.69, 9.17) is 0 Å². The maximum absolute atomic E-state index is 4.68. The first-order valence-electron chi connectivity index (χ1n) is 8.87. The van der Waals surface area contributed by atoms with Gasteiger partial charge in [0.25, 0.3) is 0 Å². The molecule has 0 amide bonds. The van der Waals surface area contributed by atoms with E-state index in [1.54, 1.807) is 23.6 Å². The molecule has 1 aliphatic rings. The van der Waals surface area contributed by atoms with E-state index in [0.717, 1.165) is 22.2 Å². The van der Waals surface area contributed by atoms with Crippen LogP contribution in [0.15, 0.2) is 101 Å². The van der Waals surface area contributed by atoms with Crippen LogP contribution in [0.1, 0.15) is 12.5 Å². The fourth-order valence-electron chi connectivity index (χ4n) is 2.83. The molecule has 0 radical (unpaired) electrons. The van der Waals surface area contributed by atoms with Gasteiger partial charge in [0.15, 0.2) is 5.84 Å². The van der Waals surface area contributed by atoms with Gasteiger partial charge in [0, 0.05) is 29.7 Å². The second-order valence-electron chi connectivity index (χ2n) is 6.19. The fourth-order valence-corrected chi connectivity index (χ4v) is 2.83. The topological polar surface area (TPSA) is 78.1 Å². The van der Waals surface area contributed by atoms with Crippen molar-refractivity contribution < 1.29 is 0 Å². The Bertz CT molecular complexity index is 1100. The van der Waals surface area contributed by atoms with Crippen molar-refractivity contribution >= 4 is 22.4 Å². The summed E-state index contributed by atoms with van der Waals surface area (Å²) in [5, 5.41) is 14.4. The van der Waals surface area contributed by atoms with Gasteiger partial charge in [-0.3, -0.25) is 9.97 Å². The average molecular weight is 369 g/mol. The second kappa shape index (κ2) is 7.79. The summed E-state index contributed by atoms with van der Waals surface area (Å²) in [5.74, 6) is 1.29. The molecule has 7 heteroatoms. The third-order valence-corrected chi connectivity index (χ3v) is 4.23.